The van der Waals surface area contributed by atoms with Gasteiger partial charge >= 0.3 is 0 Å². The summed E-state index contributed by atoms with van der Waals surface area (Å²) >= 11 is 0. The van der Waals surface area contributed by atoms with Gasteiger partial charge in [0.2, 0.25) is 0 Å². The molecule has 0 N–H and O–H groups in total. The highest BCUT2D eigenvalue weighted by Gasteiger charge is 2.32. The first-order chi connectivity index (χ1) is 12.6. The average Bonchev–Trinajstić information content (AvgIpc) is 2.67. The molecule has 0 heterocycles. The number of benzene rings is 1. The first-order valence-corrected chi connectivity index (χ1v) is 10.7. The molecule has 2 aliphatic rings. The quantitative estimate of drug-likeness (QED) is 0.455. The lowest BCUT2D eigenvalue weighted by Crippen LogP contribution is -2.24. The van der Waals surface area contributed by atoms with Gasteiger partial charge in [0.05, 0.1) is 0 Å². The molecule has 2 saturated carbocycles. The first kappa shape index (κ1) is 19.8. The summed E-state index contributed by atoms with van der Waals surface area (Å²) in [6, 6.07) is 3.49. The molecular weight excluding hydrogens is 326 g/mol. The summed E-state index contributed by atoms with van der Waals surface area (Å²) in [5.74, 6) is 3.23. The second kappa shape index (κ2) is 9.33. The van der Waals surface area contributed by atoms with Gasteiger partial charge in [-0.05, 0) is 87.2 Å². The molecule has 0 aliphatic heterocycles. The zero-order chi connectivity index (χ0) is 18.5. The summed E-state index contributed by atoms with van der Waals surface area (Å²) < 4.78 is 28.1. The van der Waals surface area contributed by atoms with Crippen LogP contribution in [-0.4, -0.2) is 0 Å². The van der Waals surface area contributed by atoms with Gasteiger partial charge in [-0.1, -0.05) is 44.7 Å². The van der Waals surface area contributed by atoms with Crippen LogP contribution in [0.5, 0.6) is 0 Å². The fourth-order valence-corrected chi connectivity index (χ4v) is 4.99. The number of hydrogen-bond donors (Lipinski definition) is 0. The van der Waals surface area contributed by atoms with Crippen molar-refractivity contribution in [1.82, 2.24) is 0 Å². The minimum absolute atomic E-state index is 0.395. The van der Waals surface area contributed by atoms with Crippen LogP contribution < -0.4 is 0 Å². The van der Waals surface area contributed by atoms with Crippen molar-refractivity contribution in [2.75, 3.05) is 0 Å². The molecule has 2 aliphatic carbocycles. The minimum atomic E-state index is -0.673. The van der Waals surface area contributed by atoms with Crippen LogP contribution >= 0.6 is 0 Å². The van der Waals surface area contributed by atoms with Crippen LogP contribution in [-0.2, 0) is 0 Å². The zero-order valence-corrected chi connectivity index (χ0v) is 16.6. The molecule has 0 atom stereocenters. The third-order valence-electron chi connectivity index (χ3n) is 6.79. The van der Waals surface area contributed by atoms with Crippen molar-refractivity contribution in [2.24, 2.45) is 11.8 Å². The van der Waals surface area contributed by atoms with Gasteiger partial charge in [-0.3, -0.25) is 0 Å². The molecule has 0 unspecified atom stereocenters. The van der Waals surface area contributed by atoms with Gasteiger partial charge in [0.1, 0.15) is 0 Å². The maximum atomic E-state index is 14.3. The molecule has 1 aromatic rings. The monoisotopic (exact) mass is 360 g/mol. The summed E-state index contributed by atoms with van der Waals surface area (Å²) in [4.78, 5) is 0. The van der Waals surface area contributed by atoms with Crippen LogP contribution in [0.25, 0.3) is 0 Å². The Bertz CT molecular complexity index is 564. The van der Waals surface area contributed by atoms with E-state index >= 15 is 0 Å². The van der Waals surface area contributed by atoms with Crippen LogP contribution in [0.1, 0.15) is 95.1 Å². The summed E-state index contributed by atoms with van der Waals surface area (Å²) in [7, 11) is 0. The van der Waals surface area contributed by atoms with Gasteiger partial charge in [0, 0.05) is 5.92 Å². The molecule has 0 amide bonds. The summed E-state index contributed by atoms with van der Waals surface area (Å²) in [6.45, 7) is 3.90. The molecule has 3 rings (SSSR count). The SMILES string of the molecule is CCCCCC1CC[C](C2CC[C](c3ccc(C)c(F)c3F)CC2)CC1. The average molecular weight is 361 g/mol. The minimum Gasteiger partial charge on any atom is -0.203 e. The zero-order valence-electron chi connectivity index (χ0n) is 16.6. The van der Waals surface area contributed by atoms with Gasteiger partial charge in [0.25, 0.3) is 0 Å². The molecule has 0 aromatic heterocycles. The highest BCUT2D eigenvalue weighted by molar-refractivity contribution is 5.36. The second-order valence-corrected chi connectivity index (χ2v) is 8.53. The number of unbranched alkanes of at least 4 members (excludes halogenated alkanes) is 2. The number of hydrogen-bond acceptors (Lipinski definition) is 0. The Balaban J connectivity index is 1.47. The molecular formula is C24H34F2. The van der Waals surface area contributed by atoms with E-state index in [1.807, 2.05) is 0 Å². The van der Waals surface area contributed by atoms with Crippen LogP contribution in [0.3, 0.4) is 0 Å². The van der Waals surface area contributed by atoms with E-state index in [9.17, 15) is 8.78 Å². The van der Waals surface area contributed by atoms with Crippen LogP contribution in [0.2, 0.25) is 0 Å². The van der Waals surface area contributed by atoms with Crippen molar-refractivity contribution in [3.05, 3.63) is 46.7 Å². The Morgan fingerprint density at radius 1 is 0.885 bits per heavy atom. The molecule has 0 nitrogen and oxygen atoms in total. The van der Waals surface area contributed by atoms with E-state index in [0.29, 0.717) is 17.0 Å². The molecule has 1 aromatic carbocycles. The van der Waals surface area contributed by atoms with Crippen LogP contribution in [0.4, 0.5) is 8.78 Å². The molecule has 0 saturated heterocycles. The van der Waals surface area contributed by atoms with Crippen molar-refractivity contribution in [3.8, 4) is 0 Å². The fraction of sp³-hybridized carbons (Fsp3) is 0.667. The smallest absolute Gasteiger partial charge is 0.162 e. The third kappa shape index (κ3) is 4.67. The van der Waals surface area contributed by atoms with E-state index in [4.69, 9.17) is 0 Å². The maximum Gasteiger partial charge on any atom is 0.162 e. The Hall–Kier alpha value is -0.920. The predicted molar refractivity (Wildman–Crippen MR) is 105 cm³/mol. The Morgan fingerprint density at radius 2 is 1.58 bits per heavy atom. The van der Waals surface area contributed by atoms with E-state index in [1.165, 1.54) is 51.4 Å². The lowest BCUT2D eigenvalue weighted by molar-refractivity contribution is 0.282. The fourth-order valence-electron chi connectivity index (χ4n) is 4.99. The predicted octanol–water partition coefficient (Wildman–Crippen LogP) is 7.73. The molecule has 2 heteroatoms. The van der Waals surface area contributed by atoms with Crippen molar-refractivity contribution in [2.45, 2.75) is 90.9 Å². The Morgan fingerprint density at radius 3 is 2.23 bits per heavy atom. The van der Waals surface area contributed by atoms with Gasteiger partial charge in [-0.25, -0.2) is 8.78 Å². The highest BCUT2D eigenvalue weighted by Crippen LogP contribution is 2.45. The Labute approximate surface area is 158 Å². The third-order valence-corrected chi connectivity index (χ3v) is 6.79. The van der Waals surface area contributed by atoms with Crippen LogP contribution in [0.15, 0.2) is 12.1 Å². The molecule has 2 fully saturated rings. The summed E-state index contributed by atoms with van der Waals surface area (Å²) in [5.41, 5.74) is 0.919. The molecule has 0 bridgehead atoms. The van der Waals surface area contributed by atoms with Gasteiger partial charge in [0.15, 0.2) is 11.6 Å². The van der Waals surface area contributed by atoms with Gasteiger partial charge in [-0.2, -0.15) is 0 Å². The van der Waals surface area contributed by atoms with E-state index in [2.05, 4.69) is 6.92 Å². The number of halogens is 2. The van der Waals surface area contributed by atoms with Gasteiger partial charge < -0.3 is 0 Å². The maximum absolute atomic E-state index is 14.3. The highest BCUT2D eigenvalue weighted by atomic mass is 19.2. The second-order valence-electron chi connectivity index (χ2n) is 8.53. The van der Waals surface area contributed by atoms with E-state index in [-0.39, 0.29) is 0 Å². The van der Waals surface area contributed by atoms with E-state index in [1.54, 1.807) is 25.0 Å². The Kier molecular flexibility index (Phi) is 7.12. The van der Waals surface area contributed by atoms with E-state index < -0.39 is 11.6 Å². The van der Waals surface area contributed by atoms with Crippen molar-refractivity contribution in [1.29, 1.82) is 0 Å². The molecule has 2 radical (unpaired) electrons. The number of rotatable bonds is 6. The van der Waals surface area contributed by atoms with Gasteiger partial charge in [-0.15, -0.1) is 0 Å². The van der Waals surface area contributed by atoms with Crippen molar-refractivity contribution >= 4 is 0 Å². The number of aryl methyl sites for hydroxylation is 1. The molecule has 144 valence electrons. The lowest BCUT2D eigenvalue weighted by Gasteiger charge is -2.37. The topological polar surface area (TPSA) is 0 Å². The van der Waals surface area contributed by atoms with Crippen LogP contribution in [0, 0.1) is 42.2 Å². The van der Waals surface area contributed by atoms with E-state index in [0.717, 1.165) is 37.5 Å². The normalized spacial score (nSPS) is 21.4. The molecule has 0 spiro atoms. The van der Waals surface area contributed by atoms with Crippen molar-refractivity contribution < 1.29 is 8.78 Å². The first-order valence-electron chi connectivity index (χ1n) is 10.7. The lowest BCUT2D eigenvalue weighted by atomic mass is 9.68. The largest absolute Gasteiger partial charge is 0.203 e. The molecule has 26 heavy (non-hydrogen) atoms. The summed E-state index contributed by atoms with van der Waals surface area (Å²) in [6.07, 6.45) is 15.0. The summed E-state index contributed by atoms with van der Waals surface area (Å²) in [5, 5.41) is 0. The van der Waals surface area contributed by atoms with Crippen molar-refractivity contribution in [3.63, 3.8) is 0 Å². The standard InChI is InChI=1S/C24H34F2/c1-3-4-5-6-18-8-10-19(11-9-18)20-12-14-21(15-13-20)22-16-7-17(2)23(25)24(22)26/h7,16,18,20H,3-6,8-15H2,1-2H3.